The van der Waals surface area contributed by atoms with Gasteiger partial charge in [0.2, 0.25) is 0 Å². The zero-order valence-corrected chi connectivity index (χ0v) is 15.1. The molecule has 3 heterocycles. The van der Waals surface area contributed by atoms with Gasteiger partial charge in [-0.05, 0) is 35.9 Å². The molecule has 1 atom stereocenters. The van der Waals surface area contributed by atoms with E-state index in [1.54, 1.807) is 19.5 Å². The van der Waals surface area contributed by atoms with Crippen molar-refractivity contribution in [3.05, 3.63) is 60.6 Å². The highest BCUT2D eigenvalue weighted by molar-refractivity contribution is 6.02. The minimum absolute atomic E-state index is 0.0601. The summed E-state index contributed by atoms with van der Waals surface area (Å²) in [5, 5.41) is 7.25. The highest BCUT2D eigenvalue weighted by atomic mass is 16.5. The second-order valence-electron chi connectivity index (χ2n) is 6.34. The van der Waals surface area contributed by atoms with Gasteiger partial charge in [0.05, 0.1) is 18.8 Å². The Labute approximate surface area is 157 Å². The Bertz CT molecular complexity index is 948. The van der Waals surface area contributed by atoms with Crippen molar-refractivity contribution in [2.45, 2.75) is 6.04 Å². The van der Waals surface area contributed by atoms with E-state index < -0.39 is 0 Å². The van der Waals surface area contributed by atoms with Gasteiger partial charge in [0, 0.05) is 43.6 Å². The minimum atomic E-state index is -0.138. The Balaban J connectivity index is 1.62. The summed E-state index contributed by atoms with van der Waals surface area (Å²) < 4.78 is 5.38. The molecule has 0 saturated carbocycles. The maximum absolute atomic E-state index is 13.1. The fraction of sp³-hybridized carbons (Fsp3) is 0.250. The van der Waals surface area contributed by atoms with Gasteiger partial charge in [-0.25, -0.2) is 4.79 Å². The van der Waals surface area contributed by atoms with E-state index >= 15 is 0 Å². The van der Waals surface area contributed by atoms with Crippen molar-refractivity contribution in [1.29, 1.82) is 0 Å². The van der Waals surface area contributed by atoms with Crippen LogP contribution in [0, 0.1) is 0 Å². The number of fused-ring (bicyclic) bond motifs is 1. The van der Waals surface area contributed by atoms with E-state index in [1.165, 1.54) is 0 Å². The molecule has 2 N–H and O–H groups in total. The Morgan fingerprint density at radius 1 is 1.26 bits per heavy atom. The molecule has 3 aromatic rings. The molecule has 7 heteroatoms. The van der Waals surface area contributed by atoms with Crippen molar-refractivity contribution in [2.24, 2.45) is 0 Å². The molecule has 27 heavy (non-hydrogen) atoms. The molecule has 0 spiro atoms. The van der Waals surface area contributed by atoms with Crippen LogP contribution in [-0.2, 0) is 0 Å². The summed E-state index contributed by atoms with van der Waals surface area (Å²) in [6, 6.07) is 11.1. The fourth-order valence-electron chi connectivity index (χ4n) is 3.43. The van der Waals surface area contributed by atoms with Crippen LogP contribution in [-0.4, -0.2) is 47.6 Å². The summed E-state index contributed by atoms with van der Waals surface area (Å²) in [6.45, 7) is 2.08. The Morgan fingerprint density at radius 3 is 2.96 bits per heavy atom. The van der Waals surface area contributed by atoms with E-state index in [-0.39, 0.29) is 12.1 Å². The molecule has 4 rings (SSSR count). The van der Waals surface area contributed by atoms with Gasteiger partial charge in [0.15, 0.2) is 0 Å². The number of aromatic nitrogens is 2. The van der Waals surface area contributed by atoms with Gasteiger partial charge >= 0.3 is 6.03 Å². The van der Waals surface area contributed by atoms with Crippen LogP contribution in [0.1, 0.15) is 11.6 Å². The summed E-state index contributed by atoms with van der Waals surface area (Å²) in [5.74, 6) is 0.680. The summed E-state index contributed by atoms with van der Waals surface area (Å²) in [5.41, 5.74) is 2.45. The number of ether oxygens (including phenoxy) is 1. The molecule has 1 unspecified atom stereocenters. The third-order valence-corrected chi connectivity index (χ3v) is 4.77. The zero-order valence-electron chi connectivity index (χ0n) is 15.1. The fourth-order valence-corrected chi connectivity index (χ4v) is 3.43. The molecule has 0 bridgehead atoms. The number of urea groups is 1. The number of methoxy groups -OCH3 is 1. The summed E-state index contributed by atoms with van der Waals surface area (Å²) >= 11 is 0. The van der Waals surface area contributed by atoms with Gasteiger partial charge in [0.25, 0.3) is 0 Å². The number of pyridine rings is 2. The van der Waals surface area contributed by atoms with E-state index in [0.29, 0.717) is 24.5 Å². The summed E-state index contributed by atoms with van der Waals surface area (Å²) in [7, 11) is 1.61. The number of amides is 2. The topological polar surface area (TPSA) is 79.4 Å². The monoisotopic (exact) mass is 363 g/mol. The van der Waals surface area contributed by atoms with Crippen LogP contribution in [0.25, 0.3) is 10.9 Å². The average Bonchev–Trinajstić information content (AvgIpc) is 2.74. The Morgan fingerprint density at radius 2 is 2.15 bits per heavy atom. The van der Waals surface area contributed by atoms with Crippen LogP contribution in [0.2, 0.25) is 0 Å². The van der Waals surface area contributed by atoms with Gasteiger partial charge < -0.3 is 20.3 Å². The Kier molecular flexibility index (Phi) is 4.84. The predicted octanol–water partition coefficient (Wildman–Crippen LogP) is 2.82. The number of anilines is 1. The first-order chi connectivity index (χ1) is 13.3. The number of nitrogens with zero attached hydrogens (tertiary/aromatic N) is 3. The molecule has 7 nitrogen and oxygen atoms in total. The number of rotatable bonds is 3. The van der Waals surface area contributed by atoms with E-state index in [2.05, 4.69) is 20.6 Å². The zero-order chi connectivity index (χ0) is 18.6. The lowest BCUT2D eigenvalue weighted by molar-refractivity contribution is 0.171. The highest BCUT2D eigenvalue weighted by Crippen LogP contribution is 2.30. The molecule has 0 aliphatic carbocycles. The first kappa shape index (κ1) is 17.2. The van der Waals surface area contributed by atoms with Gasteiger partial charge in [-0.2, -0.15) is 0 Å². The lowest BCUT2D eigenvalue weighted by atomic mass is 10.1. The first-order valence-corrected chi connectivity index (χ1v) is 8.88. The van der Waals surface area contributed by atoms with Crippen LogP contribution in [0.4, 0.5) is 10.5 Å². The predicted molar refractivity (Wildman–Crippen MR) is 104 cm³/mol. The van der Waals surface area contributed by atoms with Crippen molar-refractivity contribution in [1.82, 2.24) is 20.2 Å². The van der Waals surface area contributed by atoms with Crippen molar-refractivity contribution in [3.8, 4) is 5.75 Å². The van der Waals surface area contributed by atoms with Gasteiger partial charge in [-0.15, -0.1) is 0 Å². The molecule has 1 aliphatic heterocycles. The molecule has 1 fully saturated rings. The Hall–Kier alpha value is -3.19. The standard InChI is InChI=1S/C20H21N5O2/c1-27-18-7-6-16(15-5-3-9-23-19(15)18)24-20(26)25-11-10-22-13-17(25)14-4-2-8-21-12-14/h2-9,12,17,22H,10-11,13H2,1H3,(H,24,26). The molecule has 138 valence electrons. The van der Waals surface area contributed by atoms with E-state index in [1.807, 2.05) is 47.5 Å². The maximum atomic E-state index is 13.1. The summed E-state index contributed by atoms with van der Waals surface area (Å²) in [6.07, 6.45) is 5.26. The van der Waals surface area contributed by atoms with E-state index in [9.17, 15) is 4.79 Å². The molecular weight excluding hydrogens is 342 g/mol. The molecule has 2 aromatic heterocycles. The molecule has 1 saturated heterocycles. The largest absolute Gasteiger partial charge is 0.494 e. The molecule has 2 amide bonds. The van der Waals surface area contributed by atoms with Gasteiger partial charge in [0.1, 0.15) is 11.3 Å². The van der Waals surface area contributed by atoms with Crippen molar-refractivity contribution in [2.75, 3.05) is 32.1 Å². The van der Waals surface area contributed by atoms with Gasteiger partial charge in [-0.3, -0.25) is 9.97 Å². The quantitative estimate of drug-likeness (QED) is 0.748. The lowest BCUT2D eigenvalue weighted by Gasteiger charge is -2.36. The molecular formula is C20H21N5O2. The maximum Gasteiger partial charge on any atom is 0.322 e. The van der Waals surface area contributed by atoms with Crippen molar-refractivity contribution < 1.29 is 9.53 Å². The average molecular weight is 363 g/mol. The SMILES string of the molecule is COc1ccc(NC(=O)N2CCNCC2c2cccnc2)c2cccnc12. The number of hydrogen-bond donors (Lipinski definition) is 2. The number of benzene rings is 1. The van der Waals surface area contributed by atoms with E-state index in [4.69, 9.17) is 4.74 Å². The first-order valence-electron chi connectivity index (χ1n) is 8.88. The van der Waals surface area contributed by atoms with Crippen LogP contribution in [0.15, 0.2) is 55.0 Å². The third kappa shape index (κ3) is 3.41. The number of carbonyl (C=O) groups is 1. The number of carbonyl (C=O) groups excluding carboxylic acids is 1. The second-order valence-corrected chi connectivity index (χ2v) is 6.34. The van der Waals surface area contributed by atoms with Crippen LogP contribution < -0.4 is 15.4 Å². The molecule has 1 aromatic carbocycles. The molecule has 1 aliphatic rings. The minimum Gasteiger partial charge on any atom is -0.494 e. The number of hydrogen-bond acceptors (Lipinski definition) is 5. The van der Waals surface area contributed by atoms with Crippen LogP contribution in [0.5, 0.6) is 5.75 Å². The van der Waals surface area contributed by atoms with Gasteiger partial charge in [-0.1, -0.05) is 6.07 Å². The second kappa shape index (κ2) is 7.59. The smallest absolute Gasteiger partial charge is 0.322 e. The van der Waals surface area contributed by atoms with E-state index in [0.717, 1.165) is 23.0 Å². The normalized spacial score (nSPS) is 16.9. The summed E-state index contributed by atoms with van der Waals surface area (Å²) in [4.78, 5) is 23.5. The van der Waals surface area contributed by atoms with Crippen molar-refractivity contribution in [3.63, 3.8) is 0 Å². The molecule has 0 radical (unpaired) electrons. The highest BCUT2D eigenvalue weighted by Gasteiger charge is 2.28. The van der Waals surface area contributed by atoms with Crippen LogP contribution in [0.3, 0.4) is 0 Å². The van der Waals surface area contributed by atoms with Crippen molar-refractivity contribution >= 4 is 22.6 Å². The number of piperazine rings is 1. The number of nitrogens with one attached hydrogen (secondary N) is 2. The lowest BCUT2D eigenvalue weighted by Crippen LogP contribution is -2.50. The third-order valence-electron chi connectivity index (χ3n) is 4.77. The van der Waals surface area contributed by atoms with Crippen LogP contribution >= 0.6 is 0 Å².